The number of anilines is 1. The lowest BCUT2D eigenvalue weighted by atomic mass is 10.1. The first-order valence-corrected chi connectivity index (χ1v) is 11.0. The van der Waals surface area contributed by atoms with Gasteiger partial charge in [-0.2, -0.15) is 10.4 Å². The number of rotatable bonds is 9. The van der Waals surface area contributed by atoms with Crippen molar-refractivity contribution in [3.05, 3.63) is 93.5 Å². The van der Waals surface area contributed by atoms with E-state index in [9.17, 15) is 9.59 Å². The van der Waals surface area contributed by atoms with Crippen LogP contribution in [0.2, 0.25) is 10.0 Å². The quantitative estimate of drug-likeness (QED) is 0.310. The lowest BCUT2D eigenvalue weighted by Crippen LogP contribution is -2.20. The molecule has 0 aliphatic carbocycles. The highest BCUT2D eigenvalue weighted by molar-refractivity contribution is 6.31. The van der Waals surface area contributed by atoms with Crippen LogP contribution in [0.3, 0.4) is 0 Å². The molecule has 9 heteroatoms. The molecule has 0 atom stereocenters. The standard InChI is InChI=1S/C25H20Cl2N4O3/c26-20-2-1-3-22(13-20)30-24(32)10-11-25(33)31-29-15-19-12-21(27)8-9-23(19)34-16-18-6-4-17(14-28)5-7-18/h1-9,12-13,15H,10-11,16H2,(H,30,32)(H,31,33). The van der Waals surface area contributed by atoms with Gasteiger partial charge in [-0.1, -0.05) is 41.4 Å². The van der Waals surface area contributed by atoms with E-state index in [0.29, 0.717) is 32.6 Å². The number of hydrogen-bond donors (Lipinski definition) is 2. The number of ether oxygens (including phenoxy) is 1. The summed E-state index contributed by atoms with van der Waals surface area (Å²) >= 11 is 12.0. The van der Waals surface area contributed by atoms with E-state index in [0.717, 1.165) is 5.56 Å². The molecule has 172 valence electrons. The summed E-state index contributed by atoms with van der Waals surface area (Å²) in [5.41, 5.74) is 4.98. The first-order valence-electron chi connectivity index (χ1n) is 10.2. The smallest absolute Gasteiger partial charge is 0.240 e. The average molecular weight is 495 g/mol. The normalized spacial score (nSPS) is 10.5. The molecule has 3 aromatic carbocycles. The molecule has 2 amide bonds. The molecule has 0 saturated carbocycles. The monoisotopic (exact) mass is 494 g/mol. The van der Waals surface area contributed by atoms with E-state index in [1.54, 1.807) is 54.6 Å². The van der Waals surface area contributed by atoms with E-state index in [1.165, 1.54) is 6.21 Å². The molecule has 0 aliphatic heterocycles. The Bertz CT molecular complexity index is 1240. The molecule has 3 rings (SSSR count). The molecular weight excluding hydrogens is 475 g/mol. The van der Waals surface area contributed by atoms with Crippen LogP contribution < -0.4 is 15.5 Å². The third-order valence-corrected chi connectivity index (χ3v) is 5.00. The Hall–Kier alpha value is -3.86. The van der Waals surface area contributed by atoms with Gasteiger partial charge < -0.3 is 10.1 Å². The number of halogens is 2. The molecular formula is C25H20Cl2N4O3. The van der Waals surface area contributed by atoms with Gasteiger partial charge in [0.15, 0.2) is 0 Å². The number of nitrogens with zero attached hydrogens (tertiary/aromatic N) is 2. The topological polar surface area (TPSA) is 104 Å². The Labute approximate surface area is 207 Å². The number of benzene rings is 3. The highest BCUT2D eigenvalue weighted by Gasteiger charge is 2.08. The van der Waals surface area contributed by atoms with Crippen LogP contribution in [0.5, 0.6) is 5.75 Å². The lowest BCUT2D eigenvalue weighted by Gasteiger charge is -2.10. The Morgan fingerprint density at radius 1 is 0.971 bits per heavy atom. The van der Waals surface area contributed by atoms with Crippen molar-refractivity contribution in [3.8, 4) is 11.8 Å². The van der Waals surface area contributed by atoms with E-state index in [4.69, 9.17) is 33.2 Å². The third-order valence-electron chi connectivity index (χ3n) is 4.53. The Morgan fingerprint density at radius 2 is 1.71 bits per heavy atom. The van der Waals surface area contributed by atoms with Gasteiger partial charge >= 0.3 is 0 Å². The fraction of sp³-hybridized carbons (Fsp3) is 0.120. The number of nitriles is 1. The molecule has 0 aromatic heterocycles. The summed E-state index contributed by atoms with van der Waals surface area (Å²) in [6.07, 6.45) is 1.37. The molecule has 0 unspecified atom stereocenters. The van der Waals surface area contributed by atoms with Crippen LogP contribution in [0.4, 0.5) is 5.69 Å². The molecule has 2 N–H and O–H groups in total. The summed E-state index contributed by atoms with van der Waals surface area (Å²) < 4.78 is 5.85. The number of carbonyl (C=O) groups is 2. The predicted octanol–water partition coefficient (Wildman–Crippen LogP) is 5.31. The van der Waals surface area contributed by atoms with Crippen molar-refractivity contribution >= 4 is 46.9 Å². The number of hydrazone groups is 1. The number of nitrogens with one attached hydrogen (secondary N) is 2. The molecule has 7 nitrogen and oxygen atoms in total. The van der Waals surface area contributed by atoms with Crippen molar-refractivity contribution in [2.45, 2.75) is 19.4 Å². The predicted molar refractivity (Wildman–Crippen MR) is 132 cm³/mol. The zero-order valence-corrected chi connectivity index (χ0v) is 19.4. The van der Waals surface area contributed by atoms with Gasteiger partial charge in [0, 0.05) is 34.1 Å². The van der Waals surface area contributed by atoms with Gasteiger partial charge in [-0.15, -0.1) is 0 Å². The van der Waals surface area contributed by atoms with Gasteiger partial charge in [0.2, 0.25) is 11.8 Å². The van der Waals surface area contributed by atoms with Crippen LogP contribution >= 0.6 is 23.2 Å². The molecule has 0 aliphatic rings. The van der Waals surface area contributed by atoms with E-state index in [-0.39, 0.29) is 25.4 Å². The molecule has 0 heterocycles. The summed E-state index contributed by atoms with van der Waals surface area (Å²) in [6.45, 7) is 0.280. The molecule has 3 aromatic rings. The fourth-order valence-corrected chi connectivity index (χ4v) is 3.21. The zero-order valence-electron chi connectivity index (χ0n) is 17.9. The van der Waals surface area contributed by atoms with E-state index in [2.05, 4.69) is 21.9 Å². The molecule has 0 fully saturated rings. The summed E-state index contributed by atoms with van der Waals surface area (Å²) in [5.74, 6) is -0.207. The summed E-state index contributed by atoms with van der Waals surface area (Å²) in [5, 5.41) is 16.5. The lowest BCUT2D eigenvalue weighted by molar-refractivity contribution is -0.124. The van der Waals surface area contributed by atoms with Crippen molar-refractivity contribution in [1.82, 2.24) is 5.43 Å². The molecule has 0 saturated heterocycles. The molecule has 0 spiro atoms. The maximum absolute atomic E-state index is 12.1. The average Bonchev–Trinajstić information content (AvgIpc) is 2.82. The van der Waals surface area contributed by atoms with Crippen LogP contribution in [0.1, 0.15) is 29.5 Å². The van der Waals surface area contributed by atoms with Gasteiger partial charge in [0.25, 0.3) is 0 Å². The second-order valence-corrected chi connectivity index (χ2v) is 8.00. The van der Waals surface area contributed by atoms with Gasteiger partial charge in [0.05, 0.1) is 17.8 Å². The highest BCUT2D eigenvalue weighted by atomic mass is 35.5. The Morgan fingerprint density at radius 3 is 2.44 bits per heavy atom. The molecule has 0 radical (unpaired) electrons. The van der Waals surface area contributed by atoms with Crippen LogP contribution in [0.15, 0.2) is 71.8 Å². The van der Waals surface area contributed by atoms with E-state index < -0.39 is 5.91 Å². The number of amides is 2. The minimum Gasteiger partial charge on any atom is -0.488 e. The Kier molecular flexibility index (Phi) is 9.04. The second kappa shape index (κ2) is 12.4. The fourth-order valence-electron chi connectivity index (χ4n) is 2.83. The van der Waals surface area contributed by atoms with Crippen LogP contribution in [0, 0.1) is 11.3 Å². The third kappa shape index (κ3) is 7.93. The maximum atomic E-state index is 12.1. The SMILES string of the molecule is N#Cc1ccc(COc2ccc(Cl)cc2C=NNC(=O)CCC(=O)Nc2cccc(Cl)c2)cc1. The van der Waals surface area contributed by atoms with Crippen LogP contribution in [-0.4, -0.2) is 18.0 Å². The first kappa shape index (κ1) is 24.8. The highest BCUT2D eigenvalue weighted by Crippen LogP contribution is 2.22. The first-order chi connectivity index (χ1) is 16.4. The van der Waals surface area contributed by atoms with Crippen LogP contribution in [0.25, 0.3) is 0 Å². The van der Waals surface area contributed by atoms with E-state index in [1.807, 2.05) is 12.1 Å². The van der Waals surface area contributed by atoms with Gasteiger partial charge in [-0.3, -0.25) is 9.59 Å². The minimum absolute atomic E-state index is 0.00994. The number of hydrogen-bond acceptors (Lipinski definition) is 5. The molecule has 34 heavy (non-hydrogen) atoms. The Balaban J connectivity index is 1.51. The van der Waals surface area contributed by atoms with Crippen molar-refractivity contribution in [2.75, 3.05) is 5.32 Å². The maximum Gasteiger partial charge on any atom is 0.240 e. The second-order valence-electron chi connectivity index (χ2n) is 7.13. The zero-order chi connectivity index (χ0) is 24.3. The largest absolute Gasteiger partial charge is 0.488 e. The van der Waals surface area contributed by atoms with Crippen molar-refractivity contribution in [3.63, 3.8) is 0 Å². The van der Waals surface area contributed by atoms with Gasteiger partial charge in [-0.25, -0.2) is 5.43 Å². The van der Waals surface area contributed by atoms with Crippen molar-refractivity contribution in [2.24, 2.45) is 5.10 Å². The number of carbonyl (C=O) groups excluding carboxylic acids is 2. The van der Waals surface area contributed by atoms with Gasteiger partial charge in [-0.05, 0) is 54.1 Å². The minimum atomic E-state index is -0.417. The summed E-state index contributed by atoms with van der Waals surface area (Å²) in [7, 11) is 0. The summed E-state index contributed by atoms with van der Waals surface area (Å²) in [4.78, 5) is 24.1. The van der Waals surface area contributed by atoms with Crippen molar-refractivity contribution in [1.29, 1.82) is 5.26 Å². The van der Waals surface area contributed by atoms with Crippen LogP contribution in [-0.2, 0) is 16.2 Å². The van der Waals surface area contributed by atoms with Gasteiger partial charge in [0.1, 0.15) is 12.4 Å². The van der Waals surface area contributed by atoms with E-state index >= 15 is 0 Å². The molecule has 0 bridgehead atoms. The van der Waals surface area contributed by atoms with Crippen molar-refractivity contribution < 1.29 is 14.3 Å². The summed E-state index contributed by atoms with van der Waals surface area (Å²) in [6, 6.07) is 20.9.